The van der Waals surface area contributed by atoms with Gasteiger partial charge in [-0.25, -0.2) is 4.79 Å². The maximum absolute atomic E-state index is 12.0. The van der Waals surface area contributed by atoms with Gasteiger partial charge in [-0.1, -0.05) is 12.1 Å². The number of nitrogens with one attached hydrogen (secondary N) is 1. The number of rotatable bonds is 5. The molecular weight excluding hydrogens is 254 g/mol. The van der Waals surface area contributed by atoms with Crippen molar-refractivity contribution in [2.24, 2.45) is 0 Å². The molecule has 0 bridgehead atoms. The average molecular weight is 269 g/mol. The van der Waals surface area contributed by atoms with Crippen LogP contribution in [0.25, 0.3) is 0 Å². The lowest BCUT2D eigenvalue weighted by atomic mass is 10.2. The molecule has 98 valence electrons. The molecule has 1 aromatic rings. The molecule has 0 heterocycles. The first-order valence-electron chi connectivity index (χ1n) is 5.26. The van der Waals surface area contributed by atoms with Crippen LogP contribution >= 0.6 is 11.8 Å². The van der Waals surface area contributed by atoms with Crippen molar-refractivity contribution in [1.82, 2.24) is 5.32 Å². The lowest BCUT2D eigenvalue weighted by Crippen LogP contribution is -2.44. The maximum atomic E-state index is 12.0. The van der Waals surface area contributed by atoms with Crippen molar-refractivity contribution in [3.63, 3.8) is 0 Å². The second kappa shape index (κ2) is 7.03. The van der Waals surface area contributed by atoms with E-state index < -0.39 is 24.5 Å². The van der Waals surface area contributed by atoms with Gasteiger partial charge in [0.2, 0.25) is 0 Å². The molecule has 0 radical (unpaired) electrons. The highest BCUT2D eigenvalue weighted by Crippen LogP contribution is 2.19. The Morgan fingerprint density at radius 3 is 2.67 bits per heavy atom. The summed E-state index contributed by atoms with van der Waals surface area (Å²) in [6.07, 6.45) is 1.86. The Balaban J connectivity index is 2.84. The number of hydrogen-bond acceptors (Lipinski definition) is 5. The summed E-state index contributed by atoms with van der Waals surface area (Å²) in [7, 11) is 1.20. The first kappa shape index (κ1) is 14.5. The van der Waals surface area contributed by atoms with E-state index in [9.17, 15) is 9.59 Å². The summed E-state index contributed by atoms with van der Waals surface area (Å²) >= 11 is 1.43. The van der Waals surface area contributed by atoms with Gasteiger partial charge in [0, 0.05) is 4.90 Å². The minimum absolute atomic E-state index is 0.413. The molecule has 2 N–H and O–H groups in total. The number of carbonyl (C=O) groups is 2. The Bertz CT molecular complexity index is 436. The third-order valence-corrected chi connectivity index (χ3v) is 3.12. The Kier molecular flexibility index (Phi) is 5.67. The third-order valence-electron chi connectivity index (χ3n) is 2.33. The van der Waals surface area contributed by atoms with Crippen molar-refractivity contribution >= 4 is 23.6 Å². The fourth-order valence-corrected chi connectivity index (χ4v) is 1.98. The number of methoxy groups -OCH3 is 1. The van der Waals surface area contributed by atoms with Gasteiger partial charge >= 0.3 is 5.97 Å². The van der Waals surface area contributed by atoms with E-state index >= 15 is 0 Å². The minimum atomic E-state index is -1.04. The van der Waals surface area contributed by atoms with Crippen molar-refractivity contribution < 1.29 is 19.4 Å². The van der Waals surface area contributed by atoms with Gasteiger partial charge in [-0.3, -0.25) is 4.79 Å². The summed E-state index contributed by atoms with van der Waals surface area (Å²) in [5, 5.41) is 11.5. The highest BCUT2D eigenvalue weighted by atomic mass is 32.2. The quantitative estimate of drug-likeness (QED) is 0.607. The standard InChI is InChI=1S/C12H15NO4S/c1-17-12(16)9(7-14)13-11(15)8-5-3-4-6-10(8)18-2/h3-6,9,14H,7H2,1-2H3,(H,13,15). The summed E-state index contributed by atoms with van der Waals surface area (Å²) in [4.78, 5) is 24.0. The lowest BCUT2D eigenvalue weighted by molar-refractivity contribution is -0.143. The molecule has 5 nitrogen and oxygen atoms in total. The third kappa shape index (κ3) is 3.48. The summed E-state index contributed by atoms with van der Waals surface area (Å²) in [6, 6.07) is 5.99. The van der Waals surface area contributed by atoms with Gasteiger partial charge in [0.15, 0.2) is 6.04 Å². The van der Waals surface area contributed by atoms with Gasteiger partial charge in [-0.2, -0.15) is 0 Å². The largest absolute Gasteiger partial charge is 0.467 e. The molecule has 18 heavy (non-hydrogen) atoms. The van der Waals surface area contributed by atoms with Crippen LogP contribution in [0.4, 0.5) is 0 Å². The van der Waals surface area contributed by atoms with Crippen LogP contribution in [0.2, 0.25) is 0 Å². The molecule has 0 saturated carbocycles. The van der Waals surface area contributed by atoms with E-state index in [1.807, 2.05) is 18.4 Å². The molecule has 1 amide bonds. The second-order valence-electron chi connectivity index (χ2n) is 3.43. The lowest BCUT2D eigenvalue weighted by Gasteiger charge is -2.14. The SMILES string of the molecule is COC(=O)C(CO)NC(=O)c1ccccc1SC. The van der Waals surface area contributed by atoms with Crippen LogP contribution < -0.4 is 5.32 Å². The topological polar surface area (TPSA) is 75.6 Å². The van der Waals surface area contributed by atoms with E-state index in [4.69, 9.17) is 5.11 Å². The molecule has 0 aromatic heterocycles. The van der Waals surface area contributed by atoms with Gasteiger partial charge in [0.1, 0.15) is 0 Å². The zero-order valence-electron chi connectivity index (χ0n) is 10.2. The predicted molar refractivity (Wildman–Crippen MR) is 68.6 cm³/mol. The zero-order chi connectivity index (χ0) is 13.5. The Labute approximate surface area is 110 Å². The van der Waals surface area contributed by atoms with E-state index in [1.165, 1.54) is 18.9 Å². The molecule has 0 spiro atoms. The fourth-order valence-electron chi connectivity index (χ4n) is 1.39. The van der Waals surface area contributed by atoms with E-state index in [0.29, 0.717) is 5.56 Å². The van der Waals surface area contributed by atoms with Gasteiger partial charge in [0.25, 0.3) is 5.91 Å². The Hall–Kier alpha value is -1.53. The summed E-state index contributed by atoms with van der Waals surface area (Å²) in [6.45, 7) is -0.500. The molecule has 1 atom stereocenters. The number of thioether (sulfide) groups is 1. The number of carbonyl (C=O) groups excluding carboxylic acids is 2. The van der Waals surface area contributed by atoms with Gasteiger partial charge in [-0.15, -0.1) is 11.8 Å². The van der Waals surface area contributed by atoms with Crippen LogP contribution in [0, 0.1) is 0 Å². The van der Waals surface area contributed by atoms with E-state index in [2.05, 4.69) is 10.1 Å². The number of benzene rings is 1. The van der Waals surface area contributed by atoms with Crippen molar-refractivity contribution in [3.05, 3.63) is 29.8 Å². The van der Waals surface area contributed by atoms with Crippen molar-refractivity contribution in [3.8, 4) is 0 Å². The molecule has 0 aliphatic heterocycles. The van der Waals surface area contributed by atoms with Crippen LogP contribution in [-0.4, -0.2) is 43.0 Å². The van der Waals surface area contributed by atoms with E-state index in [-0.39, 0.29) is 0 Å². The maximum Gasteiger partial charge on any atom is 0.330 e. The Morgan fingerprint density at radius 1 is 1.44 bits per heavy atom. The fraction of sp³-hybridized carbons (Fsp3) is 0.333. The Morgan fingerprint density at radius 2 is 2.11 bits per heavy atom. The number of ether oxygens (including phenoxy) is 1. The van der Waals surface area contributed by atoms with Crippen LogP contribution in [0.15, 0.2) is 29.2 Å². The van der Waals surface area contributed by atoms with Crippen molar-refractivity contribution in [2.45, 2.75) is 10.9 Å². The normalized spacial score (nSPS) is 11.7. The van der Waals surface area contributed by atoms with Gasteiger partial charge in [0.05, 0.1) is 19.3 Å². The zero-order valence-corrected chi connectivity index (χ0v) is 11.0. The van der Waals surface area contributed by atoms with Crippen LogP contribution in [-0.2, 0) is 9.53 Å². The summed E-state index contributed by atoms with van der Waals surface area (Å²) in [5.41, 5.74) is 0.465. The average Bonchev–Trinajstić information content (AvgIpc) is 2.43. The first-order valence-corrected chi connectivity index (χ1v) is 6.49. The number of aliphatic hydroxyl groups is 1. The molecule has 6 heteroatoms. The molecule has 0 aliphatic rings. The van der Waals surface area contributed by atoms with E-state index in [0.717, 1.165) is 4.90 Å². The number of amides is 1. The molecule has 1 unspecified atom stereocenters. The van der Waals surface area contributed by atoms with Gasteiger partial charge < -0.3 is 15.2 Å². The molecule has 0 aliphatic carbocycles. The van der Waals surface area contributed by atoms with Crippen LogP contribution in [0.3, 0.4) is 0 Å². The highest BCUT2D eigenvalue weighted by Gasteiger charge is 2.22. The number of aliphatic hydroxyl groups excluding tert-OH is 1. The molecular formula is C12H15NO4S. The second-order valence-corrected chi connectivity index (χ2v) is 4.28. The number of hydrogen-bond donors (Lipinski definition) is 2. The number of esters is 1. The molecule has 1 aromatic carbocycles. The van der Waals surface area contributed by atoms with Crippen LogP contribution in [0.5, 0.6) is 0 Å². The smallest absolute Gasteiger partial charge is 0.330 e. The molecule has 1 rings (SSSR count). The summed E-state index contributed by atoms with van der Waals surface area (Å²) < 4.78 is 4.48. The van der Waals surface area contributed by atoms with Crippen molar-refractivity contribution in [2.75, 3.05) is 20.0 Å². The van der Waals surface area contributed by atoms with Crippen molar-refractivity contribution in [1.29, 1.82) is 0 Å². The minimum Gasteiger partial charge on any atom is -0.467 e. The summed E-state index contributed by atoms with van der Waals surface area (Å²) in [5.74, 6) is -1.09. The monoisotopic (exact) mass is 269 g/mol. The predicted octanol–water partition coefficient (Wildman–Crippen LogP) is 0.672. The van der Waals surface area contributed by atoms with E-state index in [1.54, 1.807) is 12.1 Å². The first-order chi connectivity index (χ1) is 8.63. The van der Waals surface area contributed by atoms with Gasteiger partial charge in [-0.05, 0) is 18.4 Å². The van der Waals surface area contributed by atoms with Crippen LogP contribution in [0.1, 0.15) is 10.4 Å². The molecule has 0 fully saturated rings. The molecule has 0 saturated heterocycles. The highest BCUT2D eigenvalue weighted by molar-refractivity contribution is 7.98.